The van der Waals surface area contributed by atoms with E-state index in [1.807, 2.05) is 0 Å². The van der Waals surface area contributed by atoms with Crippen LogP contribution < -0.4 is 21.5 Å². The van der Waals surface area contributed by atoms with E-state index in [-0.39, 0.29) is 17.3 Å². The van der Waals surface area contributed by atoms with Crippen molar-refractivity contribution in [3.05, 3.63) is 83.0 Å². The minimum absolute atomic E-state index is 0.189. The molecule has 2 amide bonds. The Hall–Kier alpha value is -4.31. The van der Waals surface area contributed by atoms with Gasteiger partial charge in [0.05, 0.1) is 18.2 Å². The highest BCUT2D eigenvalue weighted by Crippen LogP contribution is 2.18. The van der Waals surface area contributed by atoms with Crippen molar-refractivity contribution in [3.63, 3.8) is 0 Å². The second kappa shape index (κ2) is 8.59. The first-order chi connectivity index (χ1) is 14.0. The number of methoxy groups -OCH3 is 1. The van der Waals surface area contributed by atoms with Gasteiger partial charge in [0.2, 0.25) is 5.91 Å². The number of nitrogens with two attached hydrogens (primary N) is 2. The van der Waals surface area contributed by atoms with Gasteiger partial charge in [0, 0.05) is 29.1 Å². The minimum atomic E-state index is -0.614. The molecular weight excluding hydrogens is 368 g/mol. The fourth-order valence-electron chi connectivity index (χ4n) is 2.49. The van der Waals surface area contributed by atoms with Crippen LogP contribution in [-0.4, -0.2) is 23.9 Å². The quantitative estimate of drug-likeness (QED) is 0.595. The predicted molar refractivity (Wildman–Crippen MR) is 111 cm³/mol. The molecule has 0 saturated heterocycles. The van der Waals surface area contributed by atoms with Crippen molar-refractivity contribution in [2.45, 2.75) is 0 Å². The summed E-state index contributed by atoms with van der Waals surface area (Å²) in [6.45, 7) is 0. The van der Waals surface area contributed by atoms with Gasteiger partial charge in [0.25, 0.3) is 5.91 Å². The maximum atomic E-state index is 12.5. The van der Waals surface area contributed by atoms with Crippen LogP contribution in [0.2, 0.25) is 0 Å². The Morgan fingerprint density at radius 1 is 1.03 bits per heavy atom. The monoisotopic (exact) mass is 386 g/mol. The minimum Gasteiger partial charge on any atom is -0.497 e. The van der Waals surface area contributed by atoms with Crippen LogP contribution in [-0.2, 0) is 0 Å². The van der Waals surface area contributed by atoms with Crippen LogP contribution in [0.4, 0.5) is 11.5 Å². The normalized spacial score (nSPS) is 9.83. The molecule has 5 N–H and O–H groups in total. The van der Waals surface area contributed by atoms with E-state index < -0.39 is 5.91 Å². The molecule has 0 bridgehead atoms. The third-order valence-electron chi connectivity index (χ3n) is 4.00. The van der Waals surface area contributed by atoms with Gasteiger partial charge >= 0.3 is 0 Å². The van der Waals surface area contributed by atoms with Crippen LogP contribution in [0.5, 0.6) is 5.75 Å². The molecule has 0 radical (unpaired) electrons. The SMILES string of the molecule is COc1cccc(NC(=O)c2cccc(C#Cc3cc(C(N)=O)cnc3N)c2)c1. The van der Waals surface area contributed by atoms with Crippen molar-refractivity contribution in [2.24, 2.45) is 5.73 Å². The largest absolute Gasteiger partial charge is 0.497 e. The Morgan fingerprint density at radius 3 is 2.59 bits per heavy atom. The number of hydrogen-bond acceptors (Lipinski definition) is 5. The van der Waals surface area contributed by atoms with Crippen molar-refractivity contribution in [3.8, 4) is 17.6 Å². The summed E-state index contributed by atoms with van der Waals surface area (Å²) in [6, 6.07) is 15.4. The lowest BCUT2D eigenvalue weighted by Crippen LogP contribution is -2.12. The van der Waals surface area contributed by atoms with Gasteiger partial charge in [-0.1, -0.05) is 24.0 Å². The molecule has 0 fully saturated rings. The van der Waals surface area contributed by atoms with E-state index in [4.69, 9.17) is 16.2 Å². The molecule has 0 aliphatic rings. The van der Waals surface area contributed by atoms with E-state index in [0.29, 0.717) is 28.1 Å². The van der Waals surface area contributed by atoms with Gasteiger partial charge in [-0.15, -0.1) is 0 Å². The van der Waals surface area contributed by atoms with Crippen LogP contribution in [0.1, 0.15) is 31.8 Å². The van der Waals surface area contributed by atoms with Crippen LogP contribution in [0.15, 0.2) is 60.8 Å². The van der Waals surface area contributed by atoms with Crippen LogP contribution >= 0.6 is 0 Å². The number of primary amides is 1. The average Bonchev–Trinajstić information content (AvgIpc) is 2.73. The number of pyridine rings is 1. The number of carbonyl (C=O) groups is 2. The Labute approximate surface area is 167 Å². The fraction of sp³-hybridized carbons (Fsp3) is 0.0455. The summed E-state index contributed by atoms with van der Waals surface area (Å²) in [4.78, 5) is 27.7. The Balaban J connectivity index is 1.82. The highest BCUT2D eigenvalue weighted by molar-refractivity contribution is 6.04. The molecule has 0 atom stereocenters. The van der Waals surface area contributed by atoms with E-state index >= 15 is 0 Å². The van der Waals surface area contributed by atoms with E-state index in [0.717, 1.165) is 0 Å². The van der Waals surface area contributed by atoms with Crippen molar-refractivity contribution < 1.29 is 14.3 Å². The Kier molecular flexibility index (Phi) is 5.76. The smallest absolute Gasteiger partial charge is 0.255 e. The number of benzene rings is 2. The number of nitrogens with zero attached hydrogens (tertiary/aromatic N) is 1. The molecule has 0 spiro atoms. The van der Waals surface area contributed by atoms with Crippen molar-refractivity contribution in [2.75, 3.05) is 18.2 Å². The Morgan fingerprint density at radius 2 is 1.83 bits per heavy atom. The lowest BCUT2D eigenvalue weighted by atomic mass is 10.1. The zero-order valence-corrected chi connectivity index (χ0v) is 15.6. The number of hydrogen-bond donors (Lipinski definition) is 3. The van der Waals surface area contributed by atoms with E-state index in [2.05, 4.69) is 22.1 Å². The first-order valence-corrected chi connectivity index (χ1v) is 8.59. The van der Waals surface area contributed by atoms with E-state index in [1.54, 1.807) is 55.6 Å². The Bertz CT molecular complexity index is 1150. The molecule has 0 saturated carbocycles. The van der Waals surface area contributed by atoms with Crippen LogP contribution in [0.3, 0.4) is 0 Å². The first-order valence-electron chi connectivity index (χ1n) is 8.59. The lowest BCUT2D eigenvalue weighted by molar-refractivity contribution is 0.0997. The van der Waals surface area contributed by atoms with Gasteiger partial charge in [-0.3, -0.25) is 9.59 Å². The molecule has 29 heavy (non-hydrogen) atoms. The van der Waals surface area contributed by atoms with Crippen LogP contribution in [0, 0.1) is 11.8 Å². The number of rotatable bonds is 4. The van der Waals surface area contributed by atoms with Crippen molar-refractivity contribution in [1.29, 1.82) is 0 Å². The fourth-order valence-corrected chi connectivity index (χ4v) is 2.49. The molecule has 0 unspecified atom stereocenters. The summed E-state index contributed by atoms with van der Waals surface area (Å²) < 4.78 is 5.15. The van der Waals surface area contributed by atoms with Gasteiger partial charge in [-0.05, 0) is 36.4 Å². The van der Waals surface area contributed by atoms with E-state index in [1.165, 1.54) is 12.3 Å². The molecule has 7 nitrogen and oxygen atoms in total. The third kappa shape index (κ3) is 4.90. The topological polar surface area (TPSA) is 120 Å². The summed E-state index contributed by atoms with van der Waals surface area (Å²) in [5, 5.41) is 2.81. The zero-order chi connectivity index (χ0) is 20.8. The zero-order valence-electron chi connectivity index (χ0n) is 15.6. The van der Waals surface area contributed by atoms with Crippen molar-refractivity contribution >= 4 is 23.3 Å². The first kappa shape index (κ1) is 19.5. The maximum Gasteiger partial charge on any atom is 0.255 e. The molecule has 2 aromatic carbocycles. The number of aromatic nitrogens is 1. The molecular formula is C22H18N4O3. The van der Waals surface area contributed by atoms with Crippen LogP contribution in [0.25, 0.3) is 0 Å². The van der Waals surface area contributed by atoms with Crippen molar-refractivity contribution in [1.82, 2.24) is 4.98 Å². The maximum absolute atomic E-state index is 12.5. The van der Waals surface area contributed by atoms with Gasteiger partial charge in [0.1, 0.15) is 11.6 Å². The second-order valence-corrected chi connectivity index (χ2v) is 6.04. The molecule has 1 aromatic heterocycles. The van der Waals surface area contributed by atoms with Gasteiger partial charge < -0.3 is 21.5 Å². The number of carbonyl (C=O) groups excluding carboxylic acids is 2. The highest BCUT2D eigenvalue weighted by atomic mass is 16.5. The number of nitrogens with one attached hydrogen (secondary N) is 1. The lowest BCUT2D eigenvalue weighted by Gasteiger charge is -2.07. The summed E-state index contributed by atoms with van der Waals surface area (Å²) in [6.07, 6.45) is 1.30. The number of anilines is 2. The van der Waals surface area contributed by atoms with E-state index in [9.17, 15) is 9.59 Å². The number of ether oxygens (including phenoxy) is 1. The third-order valence-corrected chi connectivity index (χ3v) is 4.00. The standard InChI is InChI=1S/C22H18N4O3/c1-29-19-7-3-6-18(12-19)26-22(28)16-5-2-4-14(10-16)8-9-15-11-17(21(24)27)13-25-20(15)23/h2-7,10-13H,1H3,(H2,23,25)(H2,24,27)(H,26,28). The summed E-state index contributed by atoms with van der Waals surface area (Å²) in [7, 11) is 1.56. The molecule has 0 aliphatic heterocycles. The molecule has 3 aromatic rings. The second-order valence-electron chi connectivity index (χ2n) is 6.04. The summed E-state index contributed by atoms with van der Waals surface area (Å²) in [5.74, 6) is 5.73. The highest BCUT2D eigenvalue weighted by Gasteiger charge is 2.08. The molecule has 7 heteroatoms. The molecule has 144 valence electrons. The summed E-state index contributed by atoms with van der Waals surface area (Å²) >= 11 is 0. The molecule has 1 heterocycles. The molecule has 0 aliphatic carbocycles. The van der Waals surface area contributed by atoms with Gasteiger partial charge in [-0.25, -0.2) is 4.98 Å². The van der Waals surface area contributed by atoms with Gasteiger partial charge in [-0.2, -0.15) is 0 Å². The molecule has 3 rings (SSSR count). The number of nitrogen functional groups attached to an aromatic ring is 1. The summed E-state index contributed by atoms with van der Waals surface area (Å²) in [5.41, 5.74) is 13.3. The number of amides is 2. The predicted octanol–water partition coefficient (Wildman–Crippen LogP) is 2.42. The average molecular weight is 386 g/mol. The van der Waals surface area contributed by atoms with Gasteiger partial charge in [0.15, 0.2) is 0 Å².